The Kier molecular flexibility index (Phi) is 6.95. The number of methoxy groups -OCH3 is 1. The molecule has 0 bridgehead atoms. The van der Waals surface area contributed by atoms with Crippen LogP contribution in [0.15, 0.2) is 57.2 Å². The van der Waals surface area contributed by atoms with Crippen LogP contribution in [-0.2, 0) is 35.9 Å². The standard InChI is InChI=1S/C22H23N3O7S3/c1-32-20(26)14-25-18-10-9-17(34(2,28)29)13-19(18)33-22(25)23-21(27)15-5-7-16(8-6-15)35(30,31)24-11-3-4-12-24/h5-10,13H,3-4,11-12,14H2,1-2H3. The Labute approximate surface area is 206 Å². The molecular weight excluding hydrogens is 514 g/mol. The predicted molar refractivity (Wildman–Crippen MR) is 129 cm³/mol. The molecule has 1 saturated heterocycles. The van der Waals surface area contributed by atoms with E-state index in [9.17, 15) is 26.4 Å². The third kappa shape index (κ3) is 5.22. The zero-order valence-corrected chi connectivity index (χ0v) is 21.5. The molecule has 1 amide bonds. The molecule has 0 atom stereocenters. The fraction of sp³-hybridized carbons (Fsp3) is 0.318. The maximum atomic E-state index is 12.9. The lowest BCUT2D eigenvalue weighted by molar-refractivity contribution is -0.141. The number of fused-ring (bicyclic) bond motifs is 1. The first-order valence-electron chi connectivity index (χ1n) is 10.6. The van der Waals surface area contributed by atoms with Crippen molar-refractivity contribution in [1.82, 2.24) is 8.87 Å². The third-order valence-electron chi connectivity index (χ3n) is 5.60. The molecule has 2 heterocycles. The van der Waals surface area contributed by atoms with E-state index in [2.05, 4.69) is 4.99 Å². The highest BCUT2D eigenvalue weighted by atomic mass is 32.2. The van der Waals surface area contributed by atoms with Gasteiger partial charge in [-0.15, -0.1) is 0 Å². The van der Waals surface area contributed by atoms with E-state index < -0.39 is 31.7 Å². The lowest BCUT2D eigenvalue weighted by atomic mass is 10.2. The molecule has 1 aromatic heterocycles. The van der Waals surface area contributed by atoms with Gasteiger partial charge in [0.05, 0.1) is 27.1 Å². The van der Waals surface area contributed by atoms with E-state index in [1.165, 1.54) is 52.4 Å². The average molecular weight is 538 g/mol. The van der Waals surface area contributed by atoms with Crippen molar-refractivity contribution in [3.8, 4) is 0 Å². The summed E-state index contributed by atoms with van der Waals surface area (Å²) in [7, 11) is -5.83. The zero-order valence-electron chi connectivity index (χ0n) is 19.0. The number of thiazole rings is 1. The molecule has 0 radical (unpaired) electrons. The molecule has 1 aliphatic heterocycles. The molecule has 1 aliphatic rings. The first kappa shape index (κ1) is 25.2. The number of amides is 1. The van der Waals surface area contributed by atoms with Gasteiger partial charge in [-0.2, -0.15) is 9.30 Å². The number of hydrogen-bond donors (Lipinski definition) is 0. The molecule has 0 unspecified atom stereocenters. The third-order valence-corrected chi connectivity index (χ3v) is 9.66. The highest BCUT2D eigenvalue weighted by Gasteiger charge is 2.27. The van der Waals surface area contributed by atoms with Gasteiger partial charge < -0.3 is 9.30 Å². The molecule has 0 saturated carbocycles. The highest BCUT2D eigenvalue weighted by molar-refractivity contribution is 7.90. The summed E-state index contributed by atoms with van der Waals surface area (Å²) in [5, 5.41) is 0. The molecule has 186 valence electrons. The minimum absolute atomic E-state index is 0.101. The summed E-state index contributed by atoms with van der Waals surface area (Å²) in [6.45, 7) is 0.727. The number of ether oxygens (including phenoxy) is 1. The van der Waals surface area contributed by atoms with Crippen LogP contribution < -0.4 is 4.80 Å². The van der Waals surface area contributed by atoms with Gasteiger partial charge in [0.25, 0.3) is 5.91 Å². The molecule has 13 heteroatoms. The Morgan fingerprint density at radius 1 is 1.00 bits per heavy atom. The molecule has 2 aromatic carbocycles. The summed E-state index contributed by atoms with van der Waals surface area (Å²) in [5.41, 5.74) is 0.690. The molecule has 0 aliphatic carbocycles. The maximum Gasteiger partial charge on any atom is 0.325 e. The summed E-state index contributed by atoms with van der Waals surface area (Å²) in [6.07, 6.45) is 2.73. The monoisotopic (exact) mass is 537 g/mol. The lowest BCUT2D eigenvalue weighted by Crippen LogP contribution is -2.27. The Morgan fingerprint density at radius 2 is 1.63 bits per heavy atom. The van der Waals surface area contributed by atoms with Crippen LogP contribution in [0.4, 0.5) is 0 Å². The number of nitrogens with zero attached hydrogens (tertiary/aromatic N) is 3. The second-order valence-electron chi connectivity index (χ2n) is 8.00. The number of aromatic nitrogens is 1. The smallest absolute Gasteiger partial charge is 0.325 e. The topological polar surface area (TPSA) is 132 Å². The van der Waals surface area contributed by atoms with E-state index in [-0.39, 0.29) is 26.7 Å². The SMILES string of the molecule is COC(=O)Cn1c(=NC(=O)c2ccc(S(=O)(=O)N3CCCC3)cc2)sc2cc(S(C)(=O)=O)ccc21. The molecule has 35 heavy (non-hydrogen) atoms. The van der Waals surface area contributed by atoms with Crippen LogP contribution >= 0.6 is 11.3 Å². The first-order valence-corrected chi connectivity index (χ1v) is 14.7. The van der Waals surface area contributed by atoms with Gasteiger partial charge in [0.1, 0.15) is 6.54 Å². The number of rotatable bonds is 6. The summed E-state index contributed by atoms with van der Waals surface area (Å²) in [4.78, 5) is 29.4. The fourth-order valence-corrected chi connectivity index (χ4v) is 7.02. The van der Waals surface area contributed by atoms with Gasteiger partial charge >= 0.3 is 5.97 Å². The Bertz CT molecular complexity index is 1580. The van der Waals surface area contributed by atoms with Crippen LogP contribution in [-0.4, -0.2) is 64.0 Å². The minimum atomic E-state index is -3.61. The summed E-state index contributed by atoms with van der Waals surface area (Å²) >= 11 is 1.05. The highest BCUT2D eigenvalue weighted by Crippen LogP contribution is 2.23. The summed E-state index contributed by atoms with van der Waals surface area (Å²) in [6, 6.07) is 9.98. The number of hydrogen-bond acceptors (Lipinski definition) is 8. The van der Waals surface area contributed by atoms with Gasteiger partial charge in [0.15, 0.2) is 14.6 Å². The Balaban J connectivity index is 1.73. The van der Waals surface area contributed by atoms with Crippen molar-refractivity contribution in [3.63, 3.8) is 0 Å². The number of sulfone groups is 1. The van der Waals surface area contributed by atoms with Gasteiger partial charge in [-0.3, -0.25) is 9.59 Å². The van der Waals surface area contributed by atoms with Crippen molar-refractivity contribution < 1.29 is 31.2 Å². The van der Waals surface area contributed by atoms with E-state index in [0.717, 1.165) is 30.4 Å². The van der Waals surface area contributed by atoms with Crippen LogP contribution in [0.2, 0.25) is 0 Å². The van der Waals surface area contributed by atoms with E-state index in [0.29, 0.717) is 23.3 Å². The Hall–Kier alpha value is -2.87. The van der Waals surface area contributed by atoms with Crippen LogP contribution in [0, 0.1) is 0 Å². The van der Waals surface area contributed by atoms with Gasteiger partial charge in [-0.1, -0.05) is 11.3 Å². The van der Waals surface area contributed by atoms with Crippen LogP contribution in [0.5, 0.6) is 0 Å². The number of carbonyl (C=O) groups is 2. The minimum Gasteiger partial charge on any atom is -0.468 e. The van der Waals surface area contributed by atoms with E-state index >= 15 is 0 Å². The molecule has 1 fully saturated rings. The molecular formula is C22H23N3O7S3. The number of sulfonamides is 1. The number of benzene rings is 2. The van der Waals surface area contributed by atoms with Crippen molar-refractivity contribution in [3.05, 3.63) is 52.8 Å². The molecule has 0 N–H and O–H groups in total. The van der Waals surface area contributed by atoms with Crippen LogP contribution in [0.3, 0.4) is 0 Å². The van der Waals surface area contributed by atoms with Crippen molar-refractivity contribution in [2.45, 2.75) is 29.2 Å². The van der Waals surface area contributed by atoms with Gasteiger partial charge in [-0.05, 0) is 55.3 Å². The van der Waals surface area contributed by atoms with Crippen LogP contribution in [0.1, 0.15) is 23.2 Å². The second kappa shape index (κ2) is 9.64. The molecule has 0 spiro atoms. The summed E-state index contributed by atoms with van der Waals surface area (Å²) < 4.78 is 57.5. The van der Waals surface area contributed by atoms with Crippen molar-refractivity contribution in [1.29, 1.82) is 0 Å². The molecule has 10 nitrogen and oxygen atoms in total. The van der Waals surface area contributed by atoms with Crippen molar-refractivity contribution >= 4 is 53.3 Å². The quantitative estimate of drug-likeness (QED) is 0.438. The lowest BCUT2D eigenvalue weighted by Gasteiger charge is -2.15. The van der Waals surface area contributed by atoms with E-state index in [1.807, 2.05) is 0 Å². The molecule has 3 aromatic rings. The van der Waals surface area contributed by atoms with E-state index in [1.54, 1.807) is 6.07 Å². The second-order valence-corrected chi connectivity index (χ2v) is 13.0. The van der Waals surface area contributed by atoms with Gasteiger partial charge in [-0.25, -0.2) is 16.8 Å². The first-order chi connectivity index (χ1) is 16.5. The van der Waals surface area contributed by atoms with Crippen LogP contribution in [0.25, 0.3) is 10.2 Å². The van der Waals surface area contributed by atoms with Gasteiger partial charge in [0.2, 0.25) is 10.0 Å². The van der Waals surface area contributed by atoms with Crippen molar-refractivity contribution in [2.75, 3.05) is 26.5 Å². The summed E-state index contributed by atoms with van der Waals surface area (Å²) in [5.74, 6) is -1.20. The Morgan fingerprint density at radius 3 is 2.23 bits per heavy atom. The van der Waals surface area contributed by atoms with E-state index in [4.69, 9.17) is 4.74 Å². The number of carbonyl (C=O) groups excluding carboxylic acids is 2. The van der Waals surface area contributed by atoms with Gasteiger partial charge in [0, 0.05) is 24.9 Å². The number of esters is 1. The molecule has 4 rings (SSSR count). The average Bonchev–Trinajstić information content (AvgIpc) is 3.47. The predicted octanol–water partition coefficient (Wildman–Crippen LogP) is 1.80. The zero-order chi connectivity index (χ0) is 25.4. The fourth-order valence-electron chi connectivity index (χ4n) is 3.71. The largest absolute Gasteiger partial charge is 0.468 e. The maximum absolute atomic E-state index is 12.9. The normalized spacial score (nSPS) is 15.5. The van der Waals surface area contributed by atoms with Crippen molar-refractivity contribution in [2.24, 2.45) is 4.99 Å².